The van der Waals surface area contributed by atoms with Crippen LogP contribution >= 0.6 is 0 Å². The van der Waals surface area contributed by atoms with Crippen molar-refractivity contribution in [3.63, 3.8) is 0 Å². The summed E-state index contributed by atoms with van der Waals surface area (Å²) >= 11 is 0. The fourth-order valence-electron chi connectivity index (χ4n) is 3.30. The van der Waals surface area contributed by atoms with Gasteiger partial charge < -0.3 is 10.1 Å². The average molecular weight is 378 g/mol. The predicted octanol–water partition coefficient (Wildman–Crippen LogP) is 1.79. The largest absolute Gasteiger partial charge is 0.453 e. The highest BCUT2D eigenvalue weighted by Crippen LogP contribution is 2.25. The highest BCUT2D eigenvalue weighted by atomic mass is 16.5. The van der Waals surface area contributed by atoms with E-state index in [4.69, 9.17) is 4.74 Å². The Morgan fingerprint density at radius 2 is 1.96 bits per heavy atom. The number of rotatable bonds is 3. The van der Waals surface area contributed by atoms with E-state index in [1.807, 2.05) is 30.3 Å². The lowest BCUT2D eigenvalue weighted by molar-refractivity contribution is -0.121. The highest BCUT2D eigenvalue weighted by Gasteiger charge is 2.35. The lowest BCUT2D eigenvalue weighted by Crippen LogP contribution is -2.50. The van der Waals surface area contributed by atoms with Crippen molar-refractivity contribution in [2.45, 2.75) is 19.0 Å². The fraction of sp³-hybridized carbons (Fsp3) is 0.211. The third kappa shape index (κ3) is 3.41. The Bertz CT molecular complexity index is 1000. The van der Waals surface area contributed by atoms with Gasteiger partial charge >= 0.3 is 6.09 Å². The maximum atomic E-state index is 13.0. The molecule has 1 N–H and O–H groups in total. The van der Waals surface area contributed by atoms with Crippen LogP contribution in [0.2, 0.25) is 0 Å². The summed E-state index contributed by atoms with van der Waals surface area (Å²) in [5.74, 6) is -0.284. The number of methoxy groups -OCH3 is 1. The van der Waals surface area contributed by atoms with Crippen LogP contribution in [0.5, 0.6) is 0 Å². The summed E-state index contributed by atoms with van der Waals surface area (Å²) in [5, 5.41) is 13.9. The zero-order chi connectivity index (χ0) is 19.5. The molecule has 2 amide bonds. The predicted molar refractivity (Wildman–Crippen MR) is 99.7 cm³/mol. The summed E-state index contributed by atoms with van der Waals surface area (Å²) in [6.07, 6.45) is 1.36. The van der Waals surface area contributed by atoms with Gasteiger partial charge in [-0.3, -0.25) is 9.69 Å². The van der Waals surface area contributed by atoms with E-state index >= 15 is 0 Å². The van der Waals surface area contributed by atoms with Crippen LogP contribution < -0.4 is 5.32 Å². The number of ether oxygens (including phenoxy) is 1. The number of hydrogen-bond donors (Lipinski definition) is 1. The van der Waals surface area contributed by atoms with Gasteiger partial charge in [0.05, 0.1) is 19.3 Å². The van der Waals surface area contributed by atoms with E-state index in [1.54, 1.807) is 18.2 Å². The van der Waals surface area contributed by atoms with E-state index in [1.165, 1.54) is 23.0 Å². The number of carbonyl (C=O) groups is 2. The maximum Gasteiger partial charge on any atom is 0.410 e. The van der Waals surface area contributed by atoms with Crippen LogP contribution in [0.15, 0.2) is 54.9 Å². The van der Waals surface area contributed by atoms with Crippen molar-refractivity contribution in [2.24, 2.45) is 0 Å². The summed E-state index contributed by atoms with van der Waals surface area (Å²) in [5.41, 5.74) is 3.35. The third-order valence-corrected chi connectivity index (χ3v) is 4.69. The maximum absolute atomic E-state index is 13.0. The number of hydrogen-bond acceptors (Lipinski definition) is 6. The second kappa shape index (κ2) is 7.47. The van der Waals surface area contributed by atoms with Gasteiger partial charge in [0.25, 0.3) is 0 Å². The van der Waals surface area contributed by atoms with Gasteiger partial charge in [-0.25, -0.2) is 9.48 Å². The number of tetrazole rings is 1. The lowest BCUT2D eigenvalue weighted by Gasteiger charge is -2.34. The van der Waals surface area contributed by atoms with Crippen molar-refractivity contribution >= 4 is 17.7 Å². The summed E-state index contributed by atoms with van der Waals surface area (Å²) in [7, 11) is 1.31. The molecule has 0 bridgehead atoms. The van der Waals surface area contributed by atoms with Crippen LogP contribution in [0.4, 0.5) is 10.5 Å². The van der Waals surface area contributed by atoms with E-state index in [-0.39, 0.29) is 5.91 Å². The molecule has 9 nitrogen and oxygen atoms in total. The van der Waals surface area contributed by atoms with Gasteiger partial charge in [-0.2, -0.15) is 0 Å². The molecule has 142 valence electrons. The van der Waals surface area contributed by atoms with E-state index in [9.17, 15) is 9.59 Å². The van der Waals surface area contributed by atoms with Crippen molar-refractivity contribution in [3.8, 4) is 5.69 Å². The summed E-state index contributed by atoms with van der Waals surface area (Å²) < 4.78 is 6.38. The first kappa shape index (κ1) is 17.7. The molecule has 1 aromatic heterocycles. The molecule has 0 aliphatic carbocycles. The van der Waals surface area contributed by atoms with Crippen LogP contribution in [-0.2, 0) is 22.5 Å². The minimum atomic E-state index is -0.668. The Morgan fingerprint density at radius 1 is 1.14 bits per heavy atom. The number of nitrogens with zero attached hydrogens (tertiary/aromatic N) is 5. The minimum absolute atomic E-state index is 0.284. The van der Waals surface area contributed by atoms with Crippen molar-refractivity contribution in [2.75, 3.05) is 12.4 Å². The van der Waals surface area contributed by atoms with Crippen molar-refractivity contribution < 1.29 is 14.3 Å². The molecule has 0 saturated heterocycles. The van der Waals surface area contributed by atoms with Crippen LogP contribution in [0.1, 0.15) is 11.1 Å². The molecule has 0 spiro atoms. The number of amides is 2. The molecule has 0 fully saturated rings. The normalized spacial score (nSPS) is 15.6. The number of aromatic nitrogens is 4. The molecule has 1 aliphatic rings. The number of anilines is 1. The summed E-state index contributed by atoms with van der Waals surface area (Å²) in [6, 6.07) is 14.2. The number of nitrogens with one attached hydrogen (secondary N) is 1. The third-order valence-electron chi connectivity index (χ3n) is 4.69. The standard InChI is InChI=1S/C19H18N6O3/c1-28-19(27)24-11-14-6-3-2-5-13(14)9-17(24)18(26)21-15-7-4-8-16(10-15)25-12-20-22-23-25/h2-8,10,12,17H,9,11H2,1H3,(H,21,26). The molecule has 0 radical (unpaired) electrons. The van der Waals surface area contributed by atoms with E-state index in [0.717, 1.165) is 11.1 Å². The summed E-state index contributed by atoms with van der Waals surface area (Å²) in [4.78, 5) is 26.7. The van der Waals surface area contributed by atoms with Gasteiger partial charge in [0, 0.05) is 12.1 Å². The topological polar surface area (TPSA) is 102 Å². The second-order valence-corrected chi connectivity index (χ2v) is 6.38. The molecule has 0 saturated carbocycles. The highest BCUT2D eigenvalue weighted by molar-refractivity contribution is 5.97. The Morgan fingerprint density at radius 3 is 2.71 bits per heavy atom. The van der Waals surface area contributed by atoms with Crippen LogP contribution in [0, 0.1) is 0 Å². The van der Waals surface area contributed by atoms with Gasteiger partial charge in [-0.05, 0) is 39.8 Å². The first-order valence-corrected chi connectivity index (χ1v) is 8.71. The number of benzene rings is 2. The Labute approximate surface area is 160 Å². The lowest BCUT2D eigenvalue weighted by atomic mass is 9.94. The van der Waals surface area contributed by atoms with Crippen molar-refractivity contribution in [1.29, 1.82) is 0 Å². The molecule has 1 unspecified atom stereocenters. The van der Waals surface area contributed by atoms with E-state index in [0.29, 0.717) is 24.3 Å². The van der Waals surface area contributed by atoms with E-state index < -0.39 is 12.1 Å². The smallest absolute Gasteiger partial charge is 0.410 e. The van der Waals surface area contributed by atoms with Crippen LogP contribution in [-0.4, -0.2) is 50.3 Å². The molecule has 2 aromatic carbocycles. The molecule has 1 aliphatic heterocycles. The summed E-state index contributed by atoms with van der Waals surface area (Å²) in [6.45, 7) is 0.325. The zero-order valence-corrected chi connectivity index (χ0v) is 15.1. The SMILES string of the molecule is COC(=O)N1Cc2ccccc2CC1C(=O)Nc1cccc(-n2cnnn2)c1. The van der Waals surface area contributed by atoms with Gasteiger partial charge in [-0.1, -0.05) is 30.3 Å². The molecule has 4 rings (SSSR count). The van der Waals surface area contributed by atoms with Gasteiger partial charge in [0.1, 0.15) is 12.4 Å². The number of fused-ring (bicyclic) bond motifs is 1. The zero-order valence-electron chi connectivity index (χ0n) is 15.1. The Balaban J connectivity index is 1.58. The van der Waals surface area contributed by atoms with Gasteiger partial charge in [0.15, 0.2) is 0 Å². The van der Waals surface area contributed by atoms with Gasteiger partial charge in [-0.15, -0.1) is 5.10 Å². The first-order valence-electron chi connectivity index (χ1n) is 8.71. The van der Waals surface area contributed by atoms with Crippen molar-refractivity contribution in [3.05, 3.63) is 66.0 Å². The first-order chi connectivity index (χ1) is 13.7. The Hall–Kier alpha value is -3.75. The van der Waals surface area contributed by atoms with Crippen LogP contribution in [0.3, 0.4) is 0 Å². The molecule has 1 atom stereocenters. The average Bonchev–Trinajstić information content (AvgIpc) is 3.27. The fourth-order valence-corrected chi connectivity index (χ4v) is 3.30. The molecule has 2 heterocycles. The molecule has 28 heavy (non-hydrogen) atoms. The second-order valence-electron chi connectivity index (χ2n) is 6.38. The quantitative estimate of drug-likeness (QED) is 0.746. The molecular weight excluding hydrogens is 360 g/mol. The monoisotopic (exact) mass is 378 g/mol. The molecule has 3 aromatic rings. The Kier molecular flexibility index (Phi) is 4.71. The van der Waals surface area contributed by atoms with E-state index in [2.05, 4.69) is 20.8 Å². The molecule has 9 heteroatoms. The van der Waals surface area contributed by atoms with Crippen LogP contribution in [0.25, 0.3) is 5.69 Å². The molecular formula is C19H18N6O3. The van der Waals surface area contributed by atoms with Gasteiger partial charge in [0.2, 0.25) is 5.91 Å². The van der Waals surface area contributed by atoms with Crippen molar-refractivity contribution in [1.82, 2.24) is 25.1 Å². The minimum Gasteiger partial charge on any atom is -0.453 e. The number of carbonyl (C=O) groups excluding carboxylic acids is 2.